The summed E-state index contributed by atoms with van der Waals surface area (Å²) < 4.78 is 0.362. The molecule has 0 aromatic heterocycles. The molecule has 10 heavy (non-hydrogen) atoms. The SMILES string of the molecule is [CH2-]CCC[C](=[Co])N=O.[NH-]O. The summed E-state index contributed by atoms with van der Waals surface area (Å²) in [5.74, 6) is 4.75. The van der Waals surface area contributed by atoms with E-state index in [0.29, 0.717) is 11.0 Å². The van der Waals surface area contributed by atoms with Gasteiger partial charge in [0, 0.05) is 0 Å². The van der Waals surface area contributed by atoms with E-state index >= 15 is 0 Å². The van der Waals surface area contributed by atoms with Crippen molar-refractivity contribution in [2.75, 3.05) is 0 Å². The molecular formula is C5H10CoN2O2-2. The van der Waals surface area contributed by atoms with Gasteiger partial charge in [-0.05, 0) is 0 Å². The molecule has 4 nitrogen and oxygen atoms in total. The molecule has 0 aromatic rings. The Morgan fingerprint density at radius 2 is 2.20 bits per heavy atom. The monoisotopic (exact) mass is 189 g/mol. The van der Waals surface area contributed by atoms with Crippen molar-refractivity contribution in [3.8, 4) is 0 Å². The van der Waals surface area contributed by atoms with Crippen LogP contribution in [0.5, 0.6) is 0 Å². The molecule has 0 amide bonds. The fourth-order valence-electron chi connectivity index (χ4n) is 0.309. The molecule has 0 aliphatic rings. The normalized spacial score (nSPS) is 7.60. The summed E-state index contributed by atoms with van der Waals surface area (Å²) in [6, 6.07) is 0. The van der Waals surface area contributed by atoms with Crippen LogP contribution in [0.2, 0.25) is 0 Å². The maximum atomic E-state index is 9.63. The van der Waals surface area contributed by atoms with Gasteiger partial charge < -0.3 is 11.1 Å². The Labute approximate surface area is 67.9 Å². The standard InChI is InChI=1S/C5H8NO.Co.H2NO/c1-2-3-4-5-6-7;;1-2/h1-4H2;;1-2H/q-1;;-1. The maximum absolute atomic E-state index is 9.63. The molecule has 63 valence electrons. The first kappa shape index (κ1) is 12.6. The molecule has 0 saturated heterocycles. The Hall–Kier alpha value is -0.104. The minimum atomic E-state index is 0.362. The molecule has 0 heterocycles. The van der Waals surface area contributed by atoms with Gasteiger partial charge in [-0.2, -0.15) is 0 Å². The van der Waals surface area contributed by atoms with Crippen LogP contribution in [0.25, 0.3) is 5.90 Å². The Kier molecular flexibility index (Phi) is 14.7. The van der Waals surface area contributed by atoms with Crippen LogP contribution in [0.4, 0.5) is 0 Å². The maximum Gasteiger partial charge on any atom is -0.502 e. The summed E-state index contributed by atoms with van der Waals surface area (Å²) in [6.07, 6.45) is 2.38. The van der Waals surface area contributed by atoms with E-state index in [4.69, 9.17) is 11.1 Å². The van der Waals surface area contributed by atoms with Crippen LogP contribution in [0, 0.1) is 11.8 Å². The quantitative estimate of drug-likeness (QED) is 0.416. The van der Waals surface area contributed by atoms with Gasteiger partial charge in [0.15, 0.2) is 0 Å². The van der Waals surface area contributed by atoms with Crippen molar-refractivity contribution in [1.82, 2.24) is 0 Å². The van der Waals surface area contributed by atoms with E-state index in [1.807, 2.05) is 0 Å². The molecule has 0 aliphatic heterocycles. The van der Waals surface area contributed by atoms with Crippen molar-refractivity contribution in [2.45, 2.75) is 19.3 Å². The zero-order valence-corrected chi connectivity index (χ0v) is 6.51. The van der Waals surface area contributed by atoms with Crippen molar-refractivity contribution in [3.05, 3.63) is 17.7 Å². The second kappa shape index (κ2) is 11.7. The predicted octanol–water partition coefficient (Wildman–Crippen LogP) is 1.86. The van der Waals surface area contributed by atoms with E-state index in [0.717, 1.165) is 12.8 Å². The zero-order chi connectivity index (χ0) is 8.41. The van der Waals surface area contributed by atoms with Crippen LogP contribution in [-0.2, 0) is 15.3 Å². The van der Waals surface area contributed by atoms with Crippen molar-refractivity contribution in [1.29, 1.82) is 0 Å². The van der Waals surface area contributed by atoms with E-state index < -0.39 is 0 Å². The van der Waals surface area contributed by atoms with Crippen molar-refractivity contribution in [2.24, 2.45) is 5.18 Å². The molecule has 5 heteroatoms. The fourth-order valence-corrected chi connectivity index (χ4v) is 0.493. The van der Waals surface area contributed by atoms with Gasteiger partial charge in [0.05, 0.1) is 0 Å². The van der Waals surface area contributed by atoms with Gasteiger partial charge in [0.2, 0.25) is 0 Å². The first-order chi connectivity index (χ1) is 4.81. The molecule has 0 radical (unpaired) electrons. The van der Waals surface area contributed by atoms with Crippen LogP contribution in [0.15, 0.2) is 5.18 Å². The summed E-state index contributed by atoms with van der Waals surface area (Å²) in [7, 11) is 0. The largest absolute Gasteiger partial charge is 0.553 e. The van der Waals surface area contributed by atoms with E-state index in [9.17, 15) is 4.91 Å². The predicted molar refractivity (Wildman–Crippen MR) is 36.1 cm³/mol. The van der Waals surface area contributed by atoms with Gasteiger partial charge in [0.1, 0.15) is 0 Å². The van der Waals surface area contributed by atoms with Gasteiger partial charge in [-0.25, -0.2) is 0 Å². The topological polar surface area (TPSA) is 73.5 Å². The van der Waals surface area contributed by atoms with Gasteiger partial charge >= 0.3 is 56.2 Å². The summed E-state index contributed by atoms with van der Waals surface area (Å²) >= 11 is 3.82. The second-order valence-corrected chi connectivity index (χ2v) is 2.00. The van der Waals surface area contributed by atoms with Crippen LogP contribution in [0.1, 0.15) is 19.3 Å². The van der Waals surface area contributed by atoms with Crippen molar-refractivity contribution < 1.29 is 20.5 Å². The number of unbranched alkanes of at least 4 members (excludes halogenated alkanes) is 1. The van der Waals surface area contributed by atoms with E-state index in [1.165, 1.54) is 0 Å². The molecule has 0 fully saturated rings. The Balaban J connectivity index is 0. The second-order valence-electron chi connectivity index (χ2n) is 1.40. The Morgan fingerprint density at radius 3 is 2.50 bits per heavy atom. The minimum absolute atomic E-state index is 0.362. The fraction of sp³-hybridized carbons (Fsp3) is 0.600. The summed E-state index contributed by atoms with van der Waals surface area (Å²) in [5, 5.41) is 8.88. The van der Waals surface area contributed by atoms with Crippen LogP contribution >= 0.6 is 0 Å². The number of rotatable bonds is 4. The van der Waals surface area contributed by atoms with Gasteiger partial charge in [-0.15, -0.1) is 0 Å². The number of hydrogen-bond acceptors (Lipinski definition) is 3. The molecular weight excluding hydrogens is 179 g/mol. The first-order valence-electron chi connectivity index (χ1n) is 2.65. The first-order valence-corrected chi connectivity index (χ1v) is 3.17. The number of nitrogens with one attached hydrogen (secondary N) is 1. The Bertz CT molecular complexity index is 97.6. The van der Waals surface area contributed by atoms with Gasteiger partial charge in [-0.3, -0.25) is 0 Å². The molecule has 2 N–H and O–H groups in total. The molecule has 0 atom stereocenters. The van der Waals surface area contributed by atoms with E-state index in [1.54, 1.807) is 0 Å². The van der Waals surface area contributed by atoms with E-state index in [2.05, 4.69) is 27.4 Å². The molecule has 0 aromatic carbocycles. The smallest absolute Gasteiger partial charge is 0.502 e. The van der Waals surface area contributed by atoms with E-state index in [-0.39, 0.29) is 0 Å². The molecule has 0 spiro atoms. The third-order valence-electron chi connectivity index (χ3n) is 0.717. The van der Waals surface area contributed by atoms with Crippen LogP contribution in [-0.4, -0.2) is 9.79 Å². The number of hydrogen-bond donors (Lipinski definition) is 1. The van der Waals surface area contributed by atoms with Gasteiger partial charge in [0.25, 0.3) is 0 Å². The summed E-state index contributed by atoms with van der Waals surface area (Å²) in [5.41, 5.74) is 0. The molecule has 0 bridgehead atoms. The zero-order valence-electron chi connectivity index (χ0n) is 5.46. The Morgan fingerprint density at radius 1 is 1.70 bits per heavy atom. The third kappa shape index (κ3) is 10.8. The average molecular weight is 189 g/mol. The van der Waals surface area contributed by atoms with Crippen LogP contribution < -0.4 is 0 Å². The average Bonchev–Trinajstić information content (AvgIpc) is 2.04. The summed E-state index contributed by atoms with van der Waals surface area (Å²) in [4.78, 5) is 9.63. The molecule has 0 unspecified atom stereocenters. The molecule has 0 rings (SSSR count). The van der Waals surface area contributed by atoms with Crippen molar-refractivity contribution >= 4 is 4.58 Å². The van der Waals surface area contributed by atoms with Crippen LogP contribution in [0.3, 0.4) is 0 Å². The van der Waals surface area contributed by atoms with Gasteiger partial charge in [-0.1, -0.05) is 0 Å². The number of nitrogens with zero attached hydrogens (tertiary/aromatic N) is 1. The third-order valence-corrected chi connectivity index (χ3v) is 1.07. The molecule has 0 saturated carbocycles. The molecule has 0 aliphatic carbocycles. The minimum Gasteiger partial charge on any atom is -0.553 e. The summed E-state index contributed by atoms with van der Waals surface area (Å²) in [6.45, 7) is 3.60. The number of nitroso groups, excluding NO2 is 1. The van der Waals surface area contributed by atoms with Crippen molar-refractivity contribution in [3.63, 3.8) is 0 Å².